The van der Waals surface area contributed by atoms with Crippen molar-refractivity contribution in [2.24, 2.45) is 0 Å². The second kappa shape index (κ2) is 6.25. The molecule has 0 saturated carbocycles. The van der Waals surface area contributed by atoms with Gasteiger partial charge in [0.25, 0.3) is 0 Å². The number of rotatable bonds is 4. The number of aryl methyl sites for hydroxylation is 2. The molecule has 1 aromatic rings. The smallest absolute Gasteiger partial charge is 0.0351 e. The molecule has 2 nitrogen and oxygen atoms in total. The van der Waals surface area contributed by atoms with Crippen LogP contribution in [0, 0.1) is 0 Å². The largest absolute Gasteiger partial charge is 0.300 e. The van der Waals surface area contributed by atoms with Crippen molar-refractivity contribution in [2.45, 2.75) is 25.8 Å². The van der Waals surface area contributed by atoms with Gasteiger partial charge in [-0.3, -0.25) is 9.80 Å². The van der Waals surface area contributed by atoms with Crippen LogP contribution < -0.4 is 0 Å². The fraction of sp³-hybridized carbons (Fsp3) is 0.625. The van der Waals surface area contributed by atoms with E-state index in [1.165, 1.54) is 37.9 Å². The molecule has 0 bridgehead atoms. The van der Waals surface area contributed by atoms with Crippen molar-refractivity contribution in [1.82, 2.24) is 9.80 Å². The molecule has 0 amide bonds. The van der Waals surface area contributed by atoms with Crippen molar-refractivity contribution >= 4 is 11.6 Å². The van der Waals surface area contributed by atoms with Crippen LogP contribution in [0.25, 0.3) is 0 Å². The van der Waals surface area contributed by atoms with Gasteiger partial charge < -0.3 is 0 Å². The number of alkyl halides is 1. The fourth-order valence-electron chi connectivity index (χ4n) is 3.27. The average molecular weight is 279 g/mol. The van der Waals surface area contributed by atoms with Crippen LogP contribution in [0.3, 0.4) is 0 Å². The molecule has 1 aliphatic heterocycles. The van der Waals surface area contributed by atoms with Gasteiger partial charge in [-0.1, -0.05) is 18.2 Å². The van der Waals surface area contributed by atoms with Crippen LogP contribution >= 0.6 is 11.6 Å². The van der Waals surface area contributed by atoms with E-state index in [2.05, 4.69) is 28.0 Å². The van der Waals surface area contributed by atoms with E-state index in [-0.39, 0.29) is 0 Å². The second-order valence-electron chi connectivity index (χ2n) is 5.76. The van der Waals surface area contributed by atoms with E-state index in [0.717, 1.165) is 32.1 Å². The Hall–Kier alpha value is -0.570. The lowest BCUT2D eigenvalue weighted by Gasteiger charge is -2.34. The Morgan fingerprint density at radius 1 is 0.947 bits per heavy atom. The predicted octanol–water partition coefficient (Wildman–Crippen LogP) is 2.53. The molecule has 0 radical (unpaired) electrons. The molecule has 0 unspecified atom stereocenters. The molecule has 1 aliphatic carbocycles. The molecule has 1 aromatic carbocycles. The predicted molar refractivity (Wildman–Crippen MR) is 80.9 cm³/mol. The normalized spacial score (nSPS) is 20.7. The zero-order valence-electron chi connectivity index (χ0n) is 11.6. The lowest BCUT2D eigenvalue weighted by Crippen LogP contribution is -2.46. The number of fused-ring (bicyclic) bond motifs is 1. The molecule has 1 heterocycles. The summed E-state index contributed by atoms with van der Waals surface area (Å²) in [6.07, 6.45) is 3.91. The van der Waals surface area contributed by atoms with Crippen LogP contribution in [0.2, 0.25) is 0 Å². The first-order chi connectivity index (χ1) is 9.35. The number of piperazine rings is 1. The quantitative estimate of drug-likeness (QED) is 0.781. The minimum Gasteiger partial charge on any atom is -0.300 e. The first kappa shape index (κ1) is 13.4. The molecule has 3 heteroatoms. The number of hydrogen-bond donors (Lipinski definition) is 0. The molecule has 1 saturated heterocycles. The van der Waals surface area contributed by atoms with E-state index in [1.54, 1.807) is 11.1 Å². The maximum Gasteiger partial charge on any atom is 0.0351 e. The van der Waals surface area contributed by atoms with E-state index in [9.17, 15) is 0 Å². The van der Waals surface area contributed by atoms with Crippen LogP contribution in [0.4, 0.5) is 0 Å². The van der Waals surface area contributed by atoms with Gasteiger partial charge in [-0.2, -0.15) is 0 Å². The van der Waals surface area contributed by atoms with Gasteiger partial charge in [-0.25, -0.2) is 0 Å². The summed E-state index contributed by atoms with van der Waals surface area (Å²) in [7, 11) is 0. The van der Waals surface area contributed by atoms with E-state index in [4.69, 9.17) is 11.6 Å². The third-order valence-electron chi connectivity index (χ3n) is 4.43. The molecule has 0 atom stereocenters. The van der Waals surface area contributed by atoms with Gasteiger partial charge in [0, 0.05) is 45.1 Å². The van der Waals surface area contributed by atoms with Crippen molar-refractivity contribution < 1.29 is 0 Å². The van der Waals surface area contributed by atoms with Crippen LogP contribution in [-0.4, -0.2) is 48.4 Å². The SMILES string of the molecule is ClCCN1CCN(Cc2ccc3c(c2)CCC3)CC1. The summed E-state index contributed by atoms with van der Waals surface area (Å²) in [6.45, 7) is 6.83. The number of benzene rings is 1. The molecule has 0 spiro atoms. The standard InChI is InChI=1S/C16H23ClN2/c17-6-7-18-8-10-19(11-9-18)13-14-4-5-15-2-1-3-16(15)12-14/h4-5,12H,1-3,6-11,13H2. The molecule has 0 aromatic heterocycles. The third kappa shape index (κ3) is 3.31. The fourth-order valence-corrected chi connectivity index (χ4v) is 3.51. The van der Waals surface area contributed by atoms with Crippen LogP contribution in [-0.2, 0) is 19.4 Å². The molecular formula is C16H23ClN2. The van der Waals surface area contributed by atoms with Crippen molar-refractivity contribution in [3.8, 4) is 0 Å². The summed E-state index contributed by atoms with van der Waals surface area (Å²) in [5, 5.41) is 0. The Morgan fingerprint density at radius 3 is 2.47 bits per heavy atom. The Bertz CT molecular complexity index is 425. The molecule has 104 valence electrons. The van der Waals surface area contributed by atoms with E-state index < -0.39 is 0 Å². The molecular weight excluding hydrogens is 256 g/mol. The van der Waals surface area contributed by atoms with Gasteiger partial charge in [0.2, 0.25) is 0 Å². The van der Waals surface area contributed by atoms with Crippen LogP contribution in [0.15, 0.2) is 18.2 Å². The highest BCUT2D eigenvalue weighted by Crippen LogP contribution is 2.23. The third-order valence-corrected chi connectivity index (χ3v) is 4.60. The zero-order valence-corrected chi connectivity index (χ0v) is 12.3. The highest BCUT2D eigenvalue weighted by Gasteiger charge is 2.17. The topological polar surface area (TPSA) is 6.48 Å². The minimum atomic E-state index is 0.755. The summed E-state index contributed by atoms with van der Waals surface area (Å²) in [6, 6.07) is 7.12. The maximum atomic E-state index is 5.80. The highest BCUT2D eigenvalue weighted by molar-refractivity contribution is 6.18. The lowest BCUT2D eigenvalue weighted by atomic mass is 10.1. The van der Waals surface area contributed by atoms with Crippen molar-refractivity contribution in [2.75, 3.05) is 38.6 Å². The highest BCUT2D eigenvalue weighted by atomic mass is 35.5. The van der Waals surface area contributed by atoms with E-state index >= 15 is 0 Å². The summed E-state index contributed by atoms with van der Waals surface area (Å²) in [4.78, 5) is 5.04. The Labute approximate surface area is 121 Å². The van der Waals surface area contributed by atoms with Crippen molar-refractivity contribution in [3.05, 3.63) is 34.9 Å². The van der Waals surface area contributed by atoms with Gasteiger partial charge in [0.05, 0.1) is 0 Å². The number of nitrogens with zero attached hydrogens (tertiary/aromatic N) is 2. The van der Waals surface area contributed by atoms with E-state index in [0.29, 0.717) is 0 Å². The average Bonchev–Trinajstić information content (AvgIpc) is 2.89. The summed E-state index contributed by atoms with van der Waals surface area (Å²) < 4.78 is 0. The molecule has 1 fully saturated rings. The first-order valence-electron chi connectivity index (χ1n) is 7.46. The second-order valence-corrected chi connectivity index (χ2v) is 6.14. The first-order valence-corrected chi connectivity index (χ1v) is 8.00. The molecule has 0 N–H and O–H groups in total. The Morgan fingerprint density at radius 2 is 1.68 bits per heavy atom. The summed E-state index contributed by atoms with van der Waals surface area (Å²) in [5.74, 6) is 0.755. The Balaban J connectivity index is 1.55. The van der Waals surface area contributed by atoms with Crippen molar-refractivity contribution in [3.63, 3.8) is 0 Å². The number of halogens is 1. The minimum absolute atomic E-state index is 0.755. The van der Waals surface area contributed by atoms with Gasteiger partial charge >= 0.3 is 0 Å². The lowest BCUT2D eigenvalue weighted by molar-refractivity contribution is 0.132. The molecule has 3 rings (SSSR count). The zero-order chi connectivity index (χ0) is 13.1. The van der Waals surface area contributed by atoms with Gasteiger partial charge in [-0.05, 0) is 36.0 Å². The van der Waals surface area contributed by atoms with Crippen LogP contribution in [0.5, 0.6) is 0 Å². The van der Waals surface area contributed by atoms with Gasteiger partial charge in [0.15, 0.2) is 0 Å². The van der Waals surface area contributed by atoms with Gasteiger partial charge in [0.1, 0.15) is 0 Å². The van der Waals surface area contributed by atoms with E-state index in [1.807, 2.05) is 0 Å². The summed E-state index contributed by atoms with van der Waals surface area (Å²) >= 11 is 5.80. The molecule has 2 aliphatic rings. The number of hydrogen-bond acceptors (Lipinski definition) is 2. The monoisotopic (exact) mass is 278 g/mol. The summed E-state index contributed by atoms with van der Waals surface area (Å²) in [5.41, 5.74) is 4.67. The Kier molecular flexibility index (Phi) is 4.42. The van der Waals surface area contributed by atoms with Crippen LogP contribution in [0.1, 0.15) is 23.1 Å². The van der Waals surface area contributed by atoms with Gasteiger partial charge in [-0.15, -0.1) is 11.6 Å². The molecule has 19 heavy (non-hydrogen) atoms. The maximum absolute atomic E-state index is 5.80. The van der Waals surface area contributed by atoms with Crippen molar-refractivity contribution in [1.29, 1.82) is 0 Å².